The summed E-state index contributed by atoms with van der Waals surface area (Å²) in [6, 6.07) is 4.42. The van der Waals surface area contributed by atoms with Crippen LogP contribution in [0.2, 0.25) is 0 Å². The van der Waals surface area contributed by atoms with E-state index in [2.05, 4.69) is 35.3 Å². The lowest BCUT2D eigenvalue weighted by molar-refractivity contribution is 0.0621. The van der Waals surface area contributed by atoms with E-state index in [4.69, 9.17) is 4.74 Å². The average molecular weight is 260 g/mol. The minimum atomic E-state index is 0.377. The molecule has 2 aromatic rings. The van der Waals surface area contributed by atoms with Gasteiger partial charge in [-0.05, 0) is 44.2 Å². The van der Waals surface area contributed by atoms with Crippen molar-refractivity contribution < 1.29 is 4.74 Å². The molecule has 0 spiro atoms. The van der Waals surface area contributed by atoms with E-state index >= 15 is 0 Å². The predicted octanol–water partition coefficient (Wildman–Crippen LogP) is 2.26. The number of nitrogens with zero attached hydrogens (tertiary/aromatic N) is 3. The second-order valence-corrected chi connectivity index (χ2v) is 5.33. The summed E-state index contributed by atoms with van der Waals surface area (Å²) in [5, 5.41) is 7.89. The molecule has 102 valence electrons. The van der Waals surface area contributed by atoms with Gasteiger partial charge in [0.05, 0.1) is 0 Å². The van der Waals surface area contributed by atoms with E-state index in [1.54, 1.807) is 0 Å². The standard InChI is InChI=1S/C14H20N4O/c1-10-3-4-13-16-14(17-18(13)9-10)15-11(2)12-5-7-19-8-6-12/h3-4,9,11-12H,5-8H2,1-2H3,(H,15,17). The third kappa shape index (κ3) is 2.71. The summed E-state index contributed by atoms with van der Waals surface area (Å²) in [7, 11) is 0. The molecule has 0 aromatic carbocycles. The zero-order valence-corrected chi connectivity index (χ0v) is 11.5. The Balaban J connectivity index is 1.73. The lowest BCUT2D eigenvalue weighted by Crippen LogP contribution is -2.31. The van der Waals surface area contributed by atoms with Crippen molar-refractivity contribution >= 4 is 11.6 Å². The fourth-order valence-corrected chi connectivity index (χ4v) is 2.58. The molecule has 3 heterocycles. The van der Waals surface area contributed by atoms with Gasteiger partial charge in [0.1, 0.15) is 0 Å². The predicted molar refractivity (Wildman–Crippen MR) is 74.4 cm³/mol. The number of aromatic nitrogens is 3. The van der Waals surface area contributed by atoms with Crippen LogP contribution >= 0.6 is 0 Å². The van der Waals surface area contributed by atoms with E-state index in [1.165, 1.54) is 5.56 Å². The Morgan fingerprint density at radius 3 is 2.95 bits per heavy atom. The molecule has 19 heavy (non-hydrogen) atoms. The molecule has 1 fully saturated rings. The first-order valence-electron chi connectivity index (χ1n) is 6.90. The average Bonchev–Trinajstić information content (AvgIpc) is 2.81. The molecule has 1 saturated heterocycles. The molecular weight excluding hydrogens is 240 g/mol. The molecule has 3 rings (SSSR count). The summed E-state index contributed by atoms with van der Waals surface area (Å²) < 4.78 is 7.23. The van der Waals surface area contributed by atoms with Crippen molar-refractivity contribution in [2.45, 2.75) is 32.7 Å². The third-order valence-electron chi connectivity index (χ3n) is 3.81. The Labute approximate surface area is 113 Å². The first-order chi connectivity index (χ1) is 9.22. The second-order valence-electron chi connectivity index (χ2n) is 5.33. The minimum Gasteiger partial charge on any atom is -0.381 e. The van der Waals surface area contributed by atoms with Crippen molar-refractivity contribution in [2.24, 2.45) is 5.92 Å². The van der Waals surface area contributed by atoms with Crippen molar-refractivity contribution in [2.75, 3.05) is 18.5 Å². The first-order valence-corrected chi connectivity index (χ1v) is 6.90. The summed E-state index contributed by atoms with van der Waals surface area (Å²) >= 11 is 0. The molecule has 1 atom stereocenters. The SMILES string of the molecule is Cc1ccc2nc(NC(C)C3CCOCC3)nn2c1. The van der Waals surface area contributed by atoms with Crippen LogP contribution in [0.3, 0.4) is 0 Å². The maximum absolute atomic E-state index is 5.40. The largest absolute Gasteiger partial charge is 0.381 e. The van der Waals surface area contributed by atoms with Gasteiger partial charge in [0.2, 0.25) is 5.95 Å². The van der Waals surface area contributed by atoms with Crippen molar-refractivity contribution in [3.8, 4) is 0 Å². The molecule has 1 N–H and O–H groups in total. The van der Waals surface area contributed by atoms with E-state index < -0.39 is 0 Å². The van der Waals surface area contributed by atoms with E-state index in [1.807, 2.05) is 16.8 Å². The number of fused-ring (bicyclic) bond motifs is 1. The summed E-state index contributed by atoms with van der Waals surface area (Å²) in [4.78, 5) is 4.50. The van der Waals surface area contributed by atoms with Gasteiger partial charge in [-0.2, -0.15) is 4.98 Å². The smallest absolute Gasteiger partial charge is 0.243 e. The third-order valence-corrected chi connectivity index (χ3v) is 3.81. The summed E-state index contributed by atoms with van der Waals surface area (Å²) in [6.07, 6.45) is 4.22. The minimum absolute atomic E-state index is 0.377. The molecule has 5 heteroatoms. The molecule has 1 aliphatic heterocycles. The molecule has 5 nitrogen and oxygen atoms in total. The quantitative estimate of drug-likeness (QED) is 0.919. The van der Waals surface area contributed by atoms with Crippen molar-refractivity contribution in [1.29, 1.82) is 0 Å². The van der Waals surface area contributed by atoms with Gasteiger partial charge < -0.3 is 10.1 Å². The van der Waals surface area contributed by atoms with Crippen LogP contribution < -0.4 is 5.32 Å². The highest BCUT2D eigenvalue weighted by Crippen LogP contribution is 2.21. The molecule has 1 unspecified atom stereocenters. The number of anilines is 1. The van der Waals surface area contributed by atoms with Crippen LogP contribution in [-0.2, 0) is 4.74 Å². The van der Waals surface area contributed by atoms with E-state index in [0.29, 0.717) is 17.9 Å². The number of hydrogen-bond donors (Lipinski definition) is 1. The number of rotatable bonds is 3. The Bertz CT molecular complexity index is 560. The van der Waals surface area contributed by atoms with Crippen LogP contribution in [-0.4, -0.2) is 33.9 Å². The Morgan fingerprint density at radius 2 is 2.16 bits per heavy atom. The fourth-order valence-electron chi connectivity index (χ4n) is 2.58. The lowest BCUT2D eigenvalue weighted by atomic mass is 9.93. The molecule has 0 bridgehead atoms. The number of ether oxygens (including phenoxy) is 1. The van der Waals surface area contributed by atoms with Gasteiger partial charge in [0.25, 0.3) is 0 Å². The Kier molecular flexibility index (Phi) is 3.38. The van der Waals surface area contributed by atoms with Gasteiger partial charge >= 0.3 is 0 Å². The molecule has 2 aromatic heterocycles. The van der Waals surface area contributed by atoms with Gasteiger partial charge in [-0.1, -0.05) is 6.07 Å². The molecular formula is C14H20N4O. The van der Waals surface area contributed by atoms with E-state index in [-0.39, 0.29) is 0 Å². The van der Waals surface area contributed by atoms with Crippen LogP contribution in [0, 0.1) is 12.8 Å². The number of pyridine rings is 1. The second kappa shape index (κ2) is 5.17. The lowest BCUT2D eigenvalue weighted by Gasteiger charge is -2.27. The zero-order chi connectivity index (χ0) is 13.2. The van der Waals surface area contributed by atoms with Crippen LogP contribution in [0.5, 0.6) is 0 Å². The van der Waals surface area contributed by atoms with Crippen molar-refractivity contribution in [1.82, 2.24) is 14.6 Å². The number of aryl methyl sites for hydroxylation is 1. The highest BCUT2D eigenvalue weighted by Gasteiger charge is 2.21. The van der Waals surface area contributed by atoms with Gasteiger partial charge in [-0.25, -0.2) is 4.52 Å². The molecule has 0 saturated carbocycles. The topological polar surface area (TPSA) is 51.5 Å². The maximum atomic E-state index is 5.40. The normalized spacial score (nSPS) is 18.6. The highest BCUT2D eigenvalue weighted by molar-refractivity contribution is 5.44. The molecule has 0 amide bonds. The van der Waals surface area contributed by atoms with E-state index in [0.717, 1.165) is 31.7 Å². The molecule has 0 aliphatic carbocycles. The Morgan fingerprint density at radius 1 is 1.37 bits per heavy atom. The van der Waals surface area contributed by atoms with Crippen LogP contribution in [0.1, 0.15) is 25.3 Å². The van der Waals surface area contributed by atoms with Crippen LogP contribution in [0.15, 0.2) is 18.3 Å². The van der Waals surface area contributed by atoms with Crippen LogP contribution in [0.4, 0.5) is 5.95 Å². The molecule has 1 aliphatic rings. The number of hydrogen-bond acceptors (Lipinski definition) is 4. The first kappa shape index (κ1) is 12.4. The molecule has 0 radical (unpaired) electrons. The van der Waals surface area contributed by atoms with E-state index in [9.17, 15) is 0 Å². The van der Waals surface area contributed by atoms with Gasteiger partial charge in [-0.3, -0.25) is 0 Å². The van der Waals surface area contributed by atoms with Crippen molar-refractivity contribution in [3.63, 3.8) is 0 Å². The summed E-state index contributed by atoms with van der Waals surface area (Å²) in [6.45, 7) is 5.99. The summed E-state index contributed by atoms with van der Waals surface area (Å²) in [5.74, 6) is 1.35. The Hall–Kier alpha value is -1.62. The highest BCUT2D eigenvalue weighted by atomic mass is 16.5. The van der Waals surface area contributed by atoms with Gasteiger partial charge in [0, 0.05) is 25.5 Å². The van der Waals surface area contributed by atoms with Crippen molar-refractivity contribution in [3.05, 3.63) is 23.9 Å². The monoisotopic (exact) mass is 260 g/mol. The summed E-state index contributed by atoms with van der Waals surface area (Å²) in [5.41, 5.74) is 2.06. The van der Waals surface area contributed by atoms with Crippen LogP contribution in [0.25, 0.3) is 5.65 Å². The maximum Gasteiger partial charge on any atom is 0.243 e. The van der Waals surface area contributed by atoms with Gasteiger partial charge in [-0.15, -0.1) is 5.10 Å². The number of nitrogens with one attached hydrogen (secondary N) is 1. The van der Waals surface area contributed by atoms with Gasteiger partial charge in [0.15, 0.2) is 5.65 Å². The fraction of sp³-hybridized carbons (Fsp3) is 0.571. The zero-order valence-electron chi connectivity index (χ0n) is 11.5.